The van der Waals surface area contributed by atoms with Gasteiger partial charge in [0, 0.05) is 0 Å². The fraction of sp³-hybridized carbons (Fsp3) is 1.00. The highest BCUT2D eigenvalue weighted by molar-refractivity contribution is 4.98. The van der Waals surface area contributed by atoms with E-state index in [0.29, 0.717) is 0 Å². The van der Waals surface area contributed by atoms with E-state index in [0.717, 1.165) is 0 Å². The third-order valence-corrected chi connectivity index (χ3v) is 1.85. The molecule has 0 heterocycles. The quantitative estimate of drug-likeness (QED) is 0.640. The summed E-state index contributed by atoms with van der Waals surface area (Å²) in [5.74, 6) is -19.6. The molecule has 0 aromatic carbocycles. The molecule has 0 aliphatic carbocycles. The number of alkyl halides is 12. The molecule has 0 amide bonds. The standard InChI is InChI=1S/C7H4F12O/c8-2(9)5(14,15)7(18,19)4(12,13)1-20-6(16,17)3(10)11/h2-3H,1H2. The highest BCUT2D eigenvalue weighted by atomic mass is 19.4. The minimum atomic E-state index is -6.80. The molecule has 0 radical (unpaired) electrons. The second-order valence-electron chi connectivity index (χ2n) is 3.35. The van der Waals surface area contributed by atoms with E-state index in [9.17, 15) is 52.7 Å². The Balaban J connectivity index is 5.14. The molecule has 0 aromatic heterocycles. The van der Waals surface area contributed by atoms with Gasteiger partial charge in [-0.15, -0.1) is 0 Å². The first kappa shape index (κ1) is 19.1. The van der Waals surface area contributed by atoms with Gasteiger partial charge in [0.05, 0.1) is 0 Å². The van der Waals surface area contributed by atoms with Crippen molar-refractivity contribution in [3.8, 4) is 0 Å². The molecule has 13 heteroatoms. The van der Waals surface area contributed by atoms with Crippen LogP contribution in [0.5, 0.6) is 0 Å². The number of hydrogen-bond acceptors (Lipinski definition) is 1. The molecule has 0 saturated carbocycles. The Morgan fingerprint density at radius 3 is 1.40 bits per heavy atom. The zero-order valence-electron chi connectivity index (χ0n) is 8.81. The van der Waals surface area contributed by atoms with Crippen molar-refractivity contribution in [3.63, 3.8) is 0 Å². The van der Waals surface area contributed by atoms with Gasteiger partial charge in [-0.05, 0) is 0 Å². The van der Waals surface area contributed by atoms with E-state index in [2.05, 4.69) is 4.74 Å². The van der Waals surface area contributed by atoms with E-state index >= 15 is 0 Å². The van der Waals surface area contributed by atoms with E-state index in [1.165, 1.54) is 0 Å². The second-order valence-corrected chi connectivity index (χ2v) is 3.35. The smallest absolute Gasteiger partial charge is 0.309 e. The molecule has 1 nitrogen and oxygen atoms in total. The summed E-state index contributed by atoms with van der Waals surface area (Å²) in [4.78, 5) is 0. The molecule has 0 saturated heterocycles. The second kappa shape index (κ2) is 5.48. The van der Waals surface area contributed by atoms with E-state index in [4.69, 9.17) is 0 Å². The topological polar surface area (TPSA) is 9.23 Å². The lowest BCUT2D eigenvalue weighted by Gasteiger charge is -2.32. The van der Waals surface area contributed by atoms with Crippen LogP contribution in [0.1, 0.15) is 0 Å². The van der Waals surface area contributed by atoms with Gasteiger partial charge in [0.2, 0.25) is 0 Å². The molecule has 0 rings (SSSR count). The number of halogens is 12. The normalized spacial score (nSPS) is 15.3. The van der Waals surface area contributed by atoms with Gasteiger partial charge < -0.3 is 4.74 Å². The van der Waals surface area contributed by atoms with Gasteiger partial charge in [0.25, 0.3) is 0 Å². The van der Waals surface area contributed by atoms with Gasteiger partial charge in [0.15, 0.2) is 0 Å². The molecular formula is C7H4F12O. The van der Waals surface area contributed by atoms with Crippen LogP contribution >= 0.6 is 0 Å². The summed E-state index contributed by atoms with van der Waals surface area (Å²) >= 11 is 0. The first-order chi connectivity index (χ1) is 8.59. The van der Waals surface area contributed by atoms with Gasteiger partial charge in [-0.25, -0.2) is 17.6 Å². The molecule has 0 atom stereocenters. The summed E-state index contributed by atoms with van der Waals surface area (Å²) in [6.07, 6.45) is -15.6. The van der Waals surface area contributed by atoms with E-state index < -0.39 is 43.3 Å². The van der Waals surface area contributed by atoms with E-state index in [1.54, 1.807) is 0 Å². The summed E-state index contributed by atoms with van der Waals surface area (Å²) < 4.78 is 147. The van der Waals surface area contributed by atoms with Crippen molar-refractivity contribution >= 4 is 0 Å². The Bertz CT molecular complexity index is 324. The Kier molecular flexibility index (Phi) is 5.24. The first-order valence-corrected chi connectivity index (χ1v) is 4.31. The van der Waals surface area contributed by atoms with Gasteiger partial charge in [-0.2, -0.15) is 35.1 Å². The highest BCUT2D eigenvalue weighted by Crippen LogP contribution is 2.49. The molecule has 20 heavy (non-hydrogen) atoms. The maximum absolute atomic E-state index is 12.6. The first-order valence-electron chi connectivity index (χ1n) is 4.31. The summed E-state index contributed by atoms with van der Waals surface area (Å²) in [6, 6.07) is 0. The van der Waals surface area contributed by atoms with Crippen molar-refractivity contribution in [1.82, 2.24) is 0 Å². The van der Waals surface area contributed by atoms with Crippen LogP contribution in [0.2, 0.25) is 0 Å². The van der Waals surface area contributed by atoms with Crippen molar-refractivity contribution in [2.45, 2.75) is 36.7 Å². The van der Waals surface area contributed by atoms with Gasteiger partial charge in [0.1, 0.15) is 6.61 Å². The van der Waals surface area contributed by atoms with Crippen LogP contribution in [0.15, 0.2) is 0 Å². The molecule has 0 unspecified atom stereocenters. The van der Waals surface area contributed by atoms with E-state index in [-0.39, 0.29) is 0 Å². The summed E-state index contributed by atoms with van der Waals surface area (Å²) in [6.45, 7) is -3.32. The fourth-order valence-electron chi connectivity index (χ4n) is 0.721. The molecule has 0 N–H and O–H groups in total. The lowest BCUT2D eigenvalue weighted by atomic mass is 10.1. The van der Waals surface area contributed by atoms with Crippen molar-refractivity contribution in [1.29, 1.82) is 0 Å². The summed E-state index contributed by atoms with van der Waals surface area (Å²) in [7, 11) is 0. The highest BCUT2D eigenvalue weighted by Gasteiger charge is 2.75. The Labute approximate surface area is 102 Å². The largest absolute Gasteiger partial charge is 0.416 e. The van der Waals surface area contributed by atoms with Gasteiger partial charge in [-0.1, -0.05) is 0 Å². The van der Waals surface area contributed by atoms with Crippen LogP contribution in [-0.2, 0) is 4.74 Å². The Hall–Kier alpha value is -0.880. The fourth-order valence-corrected chi connectivity index (χ4v) is 0.721. The molecule has 0 fully saturated rings. The number of ether oxygens (including phenoxy) is 1. The monoisotopic (exact) mass is 332 g/mol. The molecule has 0 aliphatic heterocycles. The predicted octanol–water partition coefficient (Wildman–Crippen LogP) is 4.03. The Morgan fingerprint density at radius 1 is 0.700 bits per heavy atom. The third-order valence-electron chi connectivity index (χ3n) is 1.85. The van der Waals surface area contributed by atoms with E-state index in [1.807, 2.05) is 0 Å². The average Bonchev–Trinajstić information content (AvgIpc) is 2.25. The van der Waals surface area contributed by atoms with Crippen molar-refractivity contribution < 1.29 is 57.4 Å². The van der Waals surface area contributed by atoms with Gasteiger partial charge in [-0.3, -0.25) is 0 Å². The van der Waals surface area contributed by atoms with Gasteiger partial charge >= 0.3 is 36.7 Å². The lowest BCUT2D eigenvalue weighted by Crippen LogP contribution is -2.59. The number of rotatable bonds is 7. The number of hydrogen-bond donors (Lipinski definition) is 0. The van der Waals surface area contributed by atoms with Crippen LogP contribution in [0.4, 0.5) is 52.7 Å². The van der Waals surface area contributed by atoms with Crippen LogP contribution in [0, 0.1) is 0 Å². The summed E-state index contributed by atoms with van der Waals surface area (Å²) in [5.41, 5.74) is 0. The SMILES string of the molecule is FC(F)C(F)(F)OCC(F)(F)C(F)(F)C(F)(F)C(F)F. The van der Waals surface area contributed by atoms with Crippen molar-refractivity contribution in [2.24, 2.45) is 0 Å². The summed E-state index contributed by atoms with van der Waals surface area (Å²) in [5, 5.41) is 0. The molecule has 0 bridgehead atoms. The third kappa shape index (κ3) is 3.41. The molecule has 0 aromatic rings. The van der Waals surface area contributed by atoms with Crippen LogP contribution in [0.25, 0.3) is 0 Å². The van der Waals surface area contributed by atoms with Crippen LogP contribution < -0.4 is 0 Å². The van der Waals surface area contributed by atoms with Crippen molar-refractivity contribution in [3.05, 3.63) is 0 Å². The Morgan fingerprint density at radius 2 is 1.10 bits per heavy atom. The lowest BCUT2D eigenvalue weighted by molar-refractivity contribution is -0.373. The maximum atomic E-state index is 12.6. The van der Waals surface area contributed by atoms with Crippen LogP contribution in [-0.4, -0.2) is 43.3 Å². The minimum Gasteiger partial charge on any atom is -0.309 e. The zero-order chi connectivity index (χ0) is 16.6. The molecule has 122 valence electrons. The minimum absolute atomic E-state index is 2.43. The molecular weight excluding hydrogens is 328 g/mol. The predicted molar refractivity (Wildman–Crippen MR) is 37.7 cm³/mol. The van der Waals surface area contributed by atoms with Crippen molar-refractivity contribution in [2.75, 3.05) is 6.61 Å². The zero-order valence-corrected chi connectivity index (χ0v) is 8.81. The molecule has 0 aliphatic rings. The molecule has 0 spiro atoms. The van der Waals surface area contributed by atoms with Crippen LogP contribution in [0.3, 0.4) is 0 Å². The maximum Gasteiger partial charge on any atom is 0.416 e. The average molecular weight is 332 g/mol.